The van der Waals surface area contributed by atoms with E-state index in [0.717, 1.165) is 18.4 Å². The van der Waals surface area contributed by atoms with Crippen LogP contribution in [-0.2, 0) is 30.2 Å². The largest absolute Gasteiger partial charge is 0.468 e. The molecule has 0 saturated carbocycles. The Kier molecular flexibility index (Phi) is 5.51. The van der Waals surface area contributed by atoms with Crippen molar-refractivity contribution in [1.29, 1.82) is 0 Å². The van der Waals surface area contributed by atoms with Gasteiger partial charge in [0.25, 0.3) is 5.56 Å². The molecule has 0 amide bonds. The topological polar surface area (TPSA) is 76.8 Å². The summed E-state index contributed by atoms with van der Waals surface area (Å²) < 4.78 is 7.89. The molecule has 4 rings (SSSR count). The van der Waals surface area contributed by atoms with Crippen LogP contribution in [0.25, 0.3) is 0 Å². The SMILES string of the molecule is COC(=O)C(C(C)C)N1[C@@H]2CC[C@H]1c1c(n(C)c(=O)n(C)c1=O)N2Cc1ccccc1. The molecule has 2 aliphatic heterocycles. The van der Waals surface area contributed by atoms with Crippen LogP contribution in [0.5, 0.6) is 0 Å². The summed E-state index contributed by atoms with van der Waals surface area (Å²) in [4.78, 5) is 43.2. The number of carbonyl (C=O) groups excluding carboxylic acids is 1. The lowest BCUT2D eigenvalue weighted by Crippen LogP contribution is -2.60. The van der Waals surface area contributed by atoms with Crippen molar-refractivity contribution < 1.29 is 9.53 Å². The van der Waals surface area contributed by atoms with E-state index in [1.165, 1.54) is 18.7 Å². The first-order chi connectivity index (χ1) is 14.8. The highest BCUT2D eigenvalue weighted by atomic mass is 16.5. The summed E-state index contributed by atoms with van der Waals surface area (Å²) in [6.45, 7) is 4.53. The highest BCUT2D eigenvalue weighted by molar-refractivity contribution is 5.76. The van der Waals surface area contributed by atoms with Crippen LogP contribution in [0.3, 0.4) is 0 Å². The number of nitrogens with zero attached hydrogens (tertiary/aromatic N) is 4. The van der Waals surface area contributed by atoms with Gasteiger partial charge in [-0.25, -0.2) is 4.79 Å². The summed E-state index contributed by atoms with van der Waals surface area (Å²) in [5.41, 5.74) is 1.02. The molecule has 0 radical (unpaired) electrons. The van der Waals surface area contributed by atoms with Gasteiger partial charge >= 0.3 is 11.7 Å². The number of esters is 1. The summed E-state index contributed by atoms with van der Waals surface area (Å²) >= 11 is 0. The molecule has 0 N–H and O–H groups in total. The zero-order valence-corrected chi connectivity index (χ0v) is 18.7. The Morgan fingerprint density at radius 1 is 1.10 bits per heavy atom. The lowest BCUT2D eigenvalue weighted by molar-refractivity contribution is -0.150. The fourth-order valence-electron chi connectivity index (χ4n) is 5.26. The van der Waals surface area contributed by atoms with Gasteiger partial charge < -0.3 is 9.64 Å². The molecular formula is C23H30N4O4. The standard InChI is InChI=1S/C23H30N4O4/c1-14(2)19(22(29)31-5)27-16-11-12-17(27)26(13-15-9-7-6-8-10-15)20-18(16)21(28)25(4)23(30)24(20)3/h6-10,14,16-17,19H,11-13H2,1-5H3/t16-,17+,19?/m0/s1. The van der Waals surface area contributed by atoms with Crippen molar-refractivity contribution in [3.8, 4) is 0 Å². The number of rotatable bonds is 5. The van der Waals surface area contributed by atoms with E-state index in [1.54, 1.807) is 11.6 Å². The van der Waals surface area contributed by atoms with Crippen molar-refractivity contribution in [1.82, 2.24) is 14.0 Å². The molecule has 0 spiro atoms. The molecule has 1 aromatic carbocycles. The number of hydrogen-bond donors (Lipinski definition) is 0. The number of carbonyl (C=O) groups is 1. The molecule has 8 nitrogen and oxygen atoms in total. The maximum absolute atomic E-state index is 13.3. The Hall–Kier alpha value is -2.87. The number of anilines is 1. The molecule has 0 aliphatic carbocycles. The second-order valence-electron chi connectivity index (χ2n) is 8.79. The van der Waals surface area contributed by atoms with Crippen LogP contribution in [0, 0.1) is 5.92 Å². The summed E-state index contributed by atoms with van der Waals surface area (Å²) in [6, 6.07) is 9.27. The van der Waals surface area contributed by atoms with E-state index in [2.05, 4.69) is 9.80 Å². The number of fused-ring (bicyclic) bond motifs is 4. The monoisotopic (exact) mass is 426 g/mol. The Morgan fingerprint density at radius 2 is 1.77 bits per heavy atom. The van der Waals surface area contributed by atoms with E-state index in [4.69, 9.17) is 4.74 Å². The zero-order chi connectivity index (χ0) is 22.4. The van der Waals surface area contributed by atoms with E-state index < -0.39 is 6.04 Å². The highest BCUT2D eigenvalue weighted by Gasteiger charge is 2.52. The number of methoxy groups -OCH3 is 1. The molecule has 1 fully saturated rings. The van der Waals surface area contributed by atoms with Gasteiger partial charge in [-0.05, 0) is 24.3 Å². The molecule has 1 saturated heterocycles. The van der Waals surface area contributed by atoms with Crippen LogP contribution in [0.15, 0.2) is 39.9 Å². The van der Waals surface area contributed by atoms with Crippen LogP contribution in [0.1, 0.15) is 43.9 Å². The van der Waals surface area contributed by atoms with E-state index >= 15 is 0 Å². The minimum absolute atomic E-state index is 0.00654. The van der Waals surface area contributed by atoms with Gasteiger partial charge in [0, 0.05) is 26.7 Å². The predicted octanol–water partition coefficient (Wildman–Crippen LogP) is 1.76. The minimum atomic E-state index is -0.476. The van der Waals surface area contributed by atoms with Crippen molar-refractivity contribution >= 4 is 11.8 Å². The van der Waals surface area contributed by atoms with Gasteiger partial charge in [-0.2, -0.15) is 0 Å². The molecule has 1 aromatic heterocycles. The van der Waals surface area contributed by atoms with Gasteiger partial charge in [-0.1, -0.05) is 44.2 Å². The van der Waals surface area contributed by atoms with E-state index in [-0.39, 0.29) is 35.3 Å². The van der Waals surface area contributed by atoms with Gasteiger partial charge in [0.15, 0.2) is 0 Å². The normalized spacial score (nSPS) is 21.3. The number of ether oxygens (including phenoxy) is 1. The average molecular weight is 427 g/mol. The van der Waals surface area contributed by atoms with Crippen molar-refractivity contribution in [3.63, 3.8) is 0 Å². The van der Waals surface area contributed by atoms with Gasteiger partial charge in [0.1, 0.15) is 11.9 Å². The zero-order valence-electron chi connectivity index (χ0n) is 18.7. The second kappa shape index (κ2) is 8.00. The minimum Gasteiger partial charge on any atom is -0.468 e. The van der Waals surface area contributed by atoms with Crippen LogP contribution in [0.2, 0.25) is 0 Å². The smallest absolute Gasteiger partial charge is 0.332 e. The molecule has 1 unspecified atom stereocenters. The summed E-state index contributed by atoms with van der Waals surface area (Å²) in [5, 5.41) is 0. The lowest BCUT2D eigenvalue weighted by Gasteiger charge is -2.48. The van der Waals surface area contributed by atoms with Crippen molar-refractivity contribution in [2.75, 3.05) is 12.0 Å². The van der Waals surface area contributed by atoms with E-state index in [9.17, 15) is 14.4 Å². The van der Waals surface area contributed by atoms with Crippen molar-refractivity contribution in [2.45, 2.75) is 51.5 Å². The van der Waals surface area contributed by atoms with E-state index in [1.807, 2.05) is 44.2 Å². The highest BCUT2D eigenvalue weighted by Crippen LogP contribution is 2.48. The molecule has 3 heterocycles. The first kappa shape index (κ1) is 21.4. The van der Waals surface area contributed by atoms with Crippen molar-refractivity contribution in [2.24, 2.45) is 20.0 Å². The Morgan fingerprint density at radius 3 is 2.39 bits per heavy atom. The van der Waals surface area contributed by atoms with Crippen molar-refractivity contribution in [3.05, 3.63) is 62.3 Å². The lowest BCUT2D eigenvalue weighted by atomic mass is 9.97. The number of benzene rings is 1. The predicted molar refractivity (Wildman–Crippen MR) is 118 cm³/mol. The molecular weight excluding hydrogens is 396 g/mol. The molecule has 8 heteroatoms. The van der Waals surface area contributed by atoms with Crippen LogP contribution >= 0.6 is 0 Å². The maximum Gasteiger partial charge on any atom is 0.332 e. The number of hydrogen-bond acceptors (Lipinski definition) is 6. The molecule has 2 bridgehead atoms. The van der Waals surface area contributed by atoms with Gasteiger partial charge in [0.2, 0.25) is 0 Å². The molecule has 166 valence electrons. The first-order valence-electron chi connectivity index (χ1n) is 10.7. The second-order valence-corrected chi connectivity index (χ2v) is 8.79. The Balaban J connectivity index is 1.95. The molecule has 2 aromatic rings. The molecule has 2 aliphatic rings. The van der Waals surface area contributed by atoms with Gasteiger partial charge in [-0.3, -0.25) is 23.6 Å². The quantitative estimate of drug-likeness (QED) is 0.679. The molecule has 3 atom stereocenters. The Labute approximate surface area is 181 Å². The van der Waals surface area contributed by atoms with E-state index in [0.29, 0.717) is 17.9 Å². The third kappa shape index (κ3) is 3.29. The fourth-order valence-corrected chi connectivity index (χ4v) is 5.26. The molecule has 31 heavy (non-hydrogen) atoms. The van der Waals surface area contributed by atoms with Gasteiger partial charge in [-0.15, -0.1) is 0 Å². The Bertz CT molecular complexity index is 1110. The average Bonchev–Trinajstić information content (AvgIpc) is 3.09. The summed E-state index contributed by atoms with van der Waals surface area (Å²) in [5.74, 6) is 0.372. The van der Waals surface area contributed by atoms with Crippen LogP contribution in [0.4, 0.5) is 5.82 Å². The fraction of sp³-hybridized carbons (Fsp3) is 0.522. The maximum atomic E-state index is 13.3. The van der Waals surface area contributed by atoms with Gasteiger partial charge in [0.05, 0.1) is 18.8 Å². The number of aromatic nitrogens is 2. The first-order valence-corrected chi connectivity index (χ1v) is 10.7. The van der Waals surface area contributed by atoms with Crippen LogP contribution < -0.4 is 16.1 Å². The summed E-state index contributed by atoms with van der Waals surface area (Å²) in [6.07, 6.45) is 1.43. The van der Waals surface area contributed by atoms with Crippen LogP contribution in [-0.4, -0.2) is 39.3 Å². The third-order valence-corrected chi connectivity index (χ3v) is 6.63. The summed E-state index contributed by atoms with van der Waals surface area (Å²) in [7, 11) is 4.63. The third-order valence-electron chi connectivity index (χ3n) is 6.63.